The van der Waals surface area contributed by atoms with E-state index < -0.39 is 0 Å². The van der Waals surface area contributed by atoms with Crippen molar-refractivity contribution in [2.45, 2.75) is 12.5 Å². The Morgan fingerprint density at radius 2 is 2.46 bits per heavy atom. The van der Waals surface area contributed by atoms with Crippen molar-refractivity contribution < 1.29 is 4.74 Å². The summed E-state index contributed by atoms with van der Waals surface area (Å²) in [6, 6.07) is 6.04. The average Bonchev–Trinajstić information content (AvgIpc) is 2.71. The van der Waals surface area contributed by atoms with Crippen LogP contribution in [0.2, 0.25) is 4.34 Å². The summed E-state index contributed by atoms with van der Waals surface area (Å²) in [5.41, 5.74) is 0. The molecule has 2 unspecified atom stereocenters. The van der Waals surface area contributed by atoms with Crippen LogP contribution in [-0.4, -0.2) is 6.61 Å². The number of hydrogen-bond donors (Lipinski definition) is 0. The maximum Gasteiger partial charge on any atom is 0.108 e. The van der Waals surface area contributed by atoms with Crippen molar-refractivity contribution in [1.82, 2.24) is 0 Å². The Bertz CT molecular complexity index is 344. The van der Waals surface area contributed by atoms with Crippen molar-refractivity contribution in [1.29, 1.82) is 5.26 Å². The molecule has 1 aromatic rings. The average molecular weight is 214 g/mol. The van der Waals surface area contributed by atoms with E-state index in [4.69, 9.17) is 21.6 Å². The van der Waals surface area contributed by atoms with Gasteiger partial charge in [0.1, 0.15) is 6.10 Å². The molecule has 1 saturated heterocycles. The molecular formula is C9H8ClNOS. The fourth-order valence-electron chi connectivity index (χ4n) is 1.48. The molecule has 13 heavy (non-hydrogen) atoms. The lowest BCUT2D eigenvalue weighted by Crippen LogP contribution is -2.02. The van der Waals surface area contributed by atoms with E-state index in [9.17, 15) is 0 Å². The Balaban J connectivity index is 2.21. The molecule has 2 nitrogen and oxygen atoms in total. The minimum atomic E-state index is -0.0532. The molecule has 2 rings (SSSR count). The van der Waals surface area contributed by atoms with Crippen LogP contribution >= 0.6 is 22.9 Å². The minimum absolute atomic E-state index is 0.00489. The molecule has 0 radical (unpaired) electrons. The van der Waals surface area contributed by atoms with Gasteiger partial charge in [0.05, 0.1) is 16.3 Å². The van der Waals surface area contributed by atoms with Crippen LogP contribution in [0, 0.1) is 17.2 Å². The lowest BCUT2D eigenvalue weighted by molar-refractivity contribution is 0.103. The van der Waals surface area contributed by atoms with Gasteiger partial charge in [-0.05, 0) is 18.6 Å². The molecule has 2 heterocycles. The van der Waals surface area contributed by atoms with Crippen molar-refractivity contribution in [3.05, 3.63) is 21.3 Å². The highest BCUT2D eigenvalue weighted by Gasteiger charge is 2.30. The SMILES string of the molecule is N#CC1CCOC1c1ccc(Cl)s1. The van der Waals surface area contributed by atoms with Crippen LogP contribution in [0.25, 0.3) is 0 Å². The largest absolute Gasteiger partial charge is 0.371 e. The summed E-state index contributed by atoms with van der Waals surface area (Å²) in [5, 5.41) is 8.85. The summed E-state index contributed by atoms with van der Waals surface area (Å²) in [6.07, 6.45) is 0.777. The summed E-state index contributed by atoms with van der Waals surface area (Å²) in [4.78, 5) is 1.06. The number of rotatable bonds is 1. The number of hydrogen-bond acceptors (Lipinski definition) is 3. The number of nitrogens with zero attached hydrogens (tertiary/aromatic N) is 1. The third kappa shape index (κ3) is 1.71. The van der Waals surface area contributed by atoms with Crippen LogP contribution in [0.15, 0.2) is 12.1 Å². The molecule has 0 spiro atoms. The summed E-state index contributed by atoms with van der Waals surface area (Å²) in [6.45, 7) is 0.679. The highest BCUT2D eigenvalue weighted by atomic mass is 35.5. The Kier molecular flexibility index (Phi) is 2.54. The summed E-state index contributed by atoms with van der Waals surface area (Å²) < 4.78 is 6.24. The molecule has 0 N–H and O–H groups in total. The predicted molar refractivity (Wildman–Crippen MR) is 51.7 cm³/mol. The number of ether oxygens (including phenoxy) is 1. The fourth-order valence-corrected chi connectivity index (χ4v) is 2.66. The second-order valence-corrected chi connectivity index (χ2v) is 4.70. The van der Waals surface area contributed by atoms with Gasteiger partial charge in [-0.3, -0.25) is 0 Å². The maximum atomic E-state index is 8.85. The zero-order valence-corrected chi connectivity index (χ0v) is 8.44. The van der Waals surface area contributed by atoms with Crippen LogP contribution in [0.5, 0.6) is 0 Å². The van der Waals surface area contributed by atoms with E-state index in [0.29, 0.717) is 6.61 Å². The van der Waals surface area contributed by atoms with Gasteiger partial charge in [-0.25, -0.2) is 0 Å². The molecular weight excluding hydrogens is 206 g/mol. The molecule has 1 fully saturated rings. The zero-order valence-electron chi connectivity index (χ0n) is 6.87. The normalized spacial score (nSPS) is 27.4. The highest BCUT2D eigenvalue weighted by molar-refractivity contribution is 7.16. The number of thiophene rings is 1. The van der Waals surface area contributed by atoms with Crippen LogP contribution in [0.1, 0.15) is 17.4 Å². The van der Waals surface area contributed by atoms with E-state index in [1.165, 1.54) is 11.3 Å². The van der Waals surface area contributed by atoms with Crippen molar-refractivity contribution >= 4 is 22.9 Å². The van der Waals surface area contributed by atoms with E-state index in [2.05, 4.69) is 6.07 Å². The molecule has 68 valence electrons. The summed E-state index contributed by atoms with van der Waals surface area (Å²) in [5.74, 6) is -0.00489. The second-order valence-electron chi connectivity index (χ2n) is 2.96. The number of nitriles is 1. The van der Waals surface area contributed by atoms with Crippen LogP contribution in [0.3, 0.4) is 0 Å². The quantitative estimate of drug-likeness (QED) is 0.719. The molecule has 0 saturated carbocycles. The first-order chi connectivity index (χ1) is 6.31. The van der Waals surface area contributed by atoms with Gasteiger partial charge < -0.3 is 4.74 Å². The topological polar surface area (TPSA) is 33.0 Å². The first-order valence-corrected chi connectivity index (χ1v) is 5.27. The zero-order chi connectivity index (χ0) is 9.26. The van der Waals surface area contributed by atoms with E-state index in [1.54, 1.807) is 0 Å². The predicted octanol–water partition coefficient (Wildman–Crippen LogP) is 3.00. The molecule has 1 aromatic heterocycles. The van der Waals surface area contributed by atoms with Crippen molar-refractivity contribution in [3.63, 3.8) is 0 Å². The fraction of sp³-hybridized carbons (Fsp3) is 0.444. The monoisotopic (exact) mass is 213 g/mol. The van der Waals surface area contributed by atoms with Crippen LogP contribution in [0.4, 0.5) is 0 Å². The van der Waals surface area contributed by atoms with Gasteiger partial charge in [0, 0.05) is 11.5 Å². The second kappa shape index (κ2) is 3.67. The van der Waals surface area contributed by atoms with E-state index >= 15 is 0 Å². The molecule has 1 aliphatic heterocycles. The van der Waals surface area contributed by atoms with Crippen molar-refractivity contribution in [2.24, 2.45) is 5.92 Å². The Morgan fingerprint density at radius 3 is 3.08 bits per heavy atom. The Hall–Kier alpha value is -0.560. The maximum absolute atomic E-state index is 8.85. The molecule has 0 amide bonds. The first-order valence-electron chi connectivity index (χ1n) is 4.07. The lowest BCUT2D eigenvalue weighted by atomic mass is 10.0. The van der Waals surface area contributed by atoms with Crippen LogP contribution < -0.4 is 0 Å². The first kappa shape index (κ1) is 9.01. The standard InChI is InChI=1S/C9H8ClNOS/c10-8-2-1-7(13-8)9-6(5-11)3-4-12-9/h1-2,6,9H,3-4H2. The van der Waals surface area contributed by atoms with E-state index in [-0.39, 0.29) is 12.0 Å². The smallest absolute Gasteiger partial charge is 0.108 e. The van der Waals surface area contributed by atoms with Gasteiger partial charge in [-0.1, -0.05) is 11.6 Å². The third-order valence-corrected chi connectivity index (χ3v) is 3.42. The summed E-state index contributed by atoms with van der Waals surface area (Å²) >= 11 is 7.30. The minimum Gasteiger partial charge on any atom is -0.371 e. The van der Waals surface area contributed by atoms with Crippen molar-refractivity contribution in [2.75, 3.05) is 6.61 Å². The van der Waals surface area contributed by atoms with Gasteiger partial charge in [0.25, 0.3) is 0 Å². The summed E-state index contributed by atoms with van der Waals surface area (Å²) in [7, 11) is 0. The lowest BCUT2D eigenvalue weighted by Gasteiger charge is -2.09. The van der Waals surface area contributed by atoms with Gasteiger partial charge in [-0.15, -0.1) is 11.3 Å². The molecule has 0 aliphatic carbocycles. The molecule has 0 aromatic carbocycles. The van der Waals surface area contributed by atoms with E-state index in [0.717, 1.165) is 15.6 Å². The molecule has 0 bridgehead atoms. The Labute approximate surface area is 85.7 Å². The number of halogens is 1. The van der Waals surface area contributed by atoms with Gasteiger partial charge in [-0.2, -0.15) is 5.26 Å². The van der Waals surface area contributed by atoms with Gasteiger partial charge >= 0.3 is 0 Å². The van der Waals surface area contributed by atoms with Gasteiger partial charge in [0.2, 0.25) is 0 Å². The van der Waals surface area contributed by atoms with Crippen LogP contribution in [-0.2, 0) is 4.74 Å². The van der Waals surface area contributed by atoms with Gasteiger partial charge in [0.15, 0.2) is 0 Å². The molecule has 4 heteroatoms. The molecule has 1 aliphatic rings. The Morgan fingerprint density at radius 1 is 1.62 bits per heavy atom. The van der Waals surface area contributed by atoms with Crippen molar-refractivity contribution in [3.8, 4) is 6.07 Å². The molecule has 2 atom stereocenters. The third-order valence-electron chi connectivity index (χ3n) is 2.13. The highest BCUT2D eigenvalue weighted by Crippen LogP contribution is 2.38. The van der Waals surface area contributed by atoms with E-state index in [1.807, 2.05) is 12.1 Å².